The largest absolute Gasteiger partial charge is 0.472 e. The van der Waals surface area contributed by atoms with E-state index in [1.807, 2.05) is 51.4 Å². The van der Waals surface area contributed by atoms with E-state index in [0.29, 0.717) is 30.1 Å². The maximum absolute atomic E-state index is 13.3. The first-order valence-electron chi connectivity index (χ1n) is 10.2. The monoisotopic (exact) mass is 407 g/mol. The minimum Gasteiger partial charge on any atom is -0.472 e. The maximum Gasteiger partial charge on any atom is 0.259 e. The number of aliphatic hydroxyl groups is 1. The van der Waals surface area contributed by atoms with Crippen molar-refractivity contribution in [2.75, 3.05) is 33.8 Å². The third-order valence-corrected chi connectivity index (χ3v) is 5.19. The summed E-state index contributed by atoms with van der Waals surface area (Å²) in [6, 6.07) is 11.1. The summed E-state index contributed by atoms with van der Waals surface area (Å²) in [7, 11) is 3.98. The molecule has 0 unspecified atom stereocenters. The van der Waals surface area contributed by atoms with Crippen molar-refractivity contribution in [3.8, 4) is 17.7 Å². The molecule has 6 nitrogen and oxygen atoms in total. The zero-order valence-corrected chi connectivity index (χ0v) is 18.0. The molecule has 158 valence electrons. The van der Waals surface area contributed by atoms with E-state index < -0.39 is 0 Å². The smallest absolute Gasteiger partial charge is 0.259 e. The number of nitrogens with zero attached hydrogens (tertiary/aromatic N) is 3. The molecule has 0 saturated heterocycles. The number of pyridine rings is 1. The zero-order valence-electron chi connectivity index (χ0n) is 18.0. The first kappa shape index (κ1) is 21.8. The number of fused-ring (bicyclic) bond motifs is 1. The first-order valence-corrected chi connectivity index (χ1v) is 10.2. The summed E-state index contributed by atoms with van der Waals surface area (Å²) in [4.78, 5) is 21.5. The highest BCUT2D eigenvalue weighted by molar-refractivity contribution is 5.97. The van der Waals surface area contributed by atoms with Crippen molar-refractivity contribution in [3.63, 3.8) is 0 Å². The second-order valence-electron chi connectivity index (χ2n) is 8.08. The molecule has 0 saturated carbocycles. The highest BCUT2D eigenvalue weighted by atomic mass is 16.5. The van der Waals surface area contributed by atoms with E-state index in [9.17, 15) is 9.90 Å². The van der Waals surface area contributed by atoms with Crippen molar-refractivity contribution >= 4 is 5.91 Å². The van der Waals surface area contributed by atoms with Gasteiger partial charge in [0.1, 0.15) is 11.7 Å². The van der Waals surface area contributed by atoms with Crippen LogP contribution < -0.4 is 4.74 Å². The van der Waals surface area contributed by atoms with Crippen LogP contribution in [0.15, 0.2) is 42.6 Å². The molecule has 1 aromatic heterocycles. The molecule has 0 bridgehead atoms. The number of carbonyl (C=O) groups is 1. The number of aliphatic hydroxyl groups excluding tert-OH is 1. The van der Waals surface area contributed by atoms with Gasteiger partial charge in [0.2, 0.25) is 5.88 Å². The van der Waals surface area contributed by atoms with Gasteiger partial charge in [-0.05, 0) is 39.2 Å². The van der Waals surface area contributed by atoms with Crippen LogP contribution in [0.1, 0.15) is 35.3 Å². The Hall–Kier alpha value is -2.88. The Morgan fingerprint density at radius 3 is 2.63 bits per heavy atom. The Balaban J connectivity index is 2.00. The minimum atomic E-state index is -0.301. The molecule has 1 aliphatic heterocycles. The van der Waals surface area contributed by atoms with Gasteiger partial charge < -0.3 is 19.6 Å². The summed E-state index contributed by atoms with van der Waals surface area (Å²) in [6.45, 7) is 5.00. The van der Waals surface area contributed by atoms with Gasteiger partial charge in [-0.3, -0.25) is 4.79 Å². The molecule has 1 aromatic carbocycles. The highest BCUT2D eigenvalue weighted by Crippen LogP contribution is 2.27. The molecule has 6 heteroatoms. The lowest BCUT2D eigenvalue weighted by atomic mass is 10.00. The van der Waals surface area contributed by atoms with E-state index in [2.05, 4.69) is 28.6 Å². The lowest BCUT2D eigenvalue weighted by Gasteiger charge is -2.37. The molecule has 2 heterocycles. The maximum atomic E-state index is 13.3. The van der Waals surface area contributed by atoms with Crippen LogP contribution >= 0.6 is 0 Å². The Morgan fingerprint density at radius 1 is 1.27 bits per heavy atom. The topological polar surface area (TPSA) is 65.9 Å². The fourth-order valence-corrected chi connectivity index (χ4v) is 3.41. The van der Waals surface area contributed by atoms with Gasteiger partial charge in [-0.25, -0.2) is 4.98 Å². The van der Waals surface area contributed by atoms with E-state index in [-0.39, 0.29) is 30.6 Å². The van der Waals surface area contributed by atoms with E-state index in [1.165, 1.54) is 0 Å². The van der Waals surface area contributed by atoms with Crippen molar-refractivity contribution in [1.29, 1.82) is 0 Å². The van der Waals surface area contributed by atoms with Crippen LogP contribution in [0.2, 0.25) is 0 Å². The van der Waals surface area contributed by atoms with Gasteiger partial charge in [0, 0.05) is 36.3 Å². The molecule has 0 radical (unpaired) electrons. The third-order valence-electron chi connectivity index (χ3n) is 5.19. The zero-order chi connectivity index (χ0) is 21.7. The van der Waals surface area contributed by atoms with Gasteiger partial charge in [0.25, 0.3) is 5.91 Å². The minimum absolute atomic E-state index is 0.0813. The van der Waals surface area contributed by atoms with Gasteiger partial charge in [0.15, 0.2) is 0 Å². The molecule has 0 fully saturated rings. The summed E-state index contributed by atoms with van der Waals surface area (Å²) >= 11 is 0. The summed E-state index contributed by atoms with van der Waals surface area (Å²) < 4.78 is 6.20. The molecular weight excluding hydrogens is 378 g/mol. The third kappa shape index (κ3) is 5.18. The Labute approximate surface area is 178 Å². The second kappa shape index (κ2) is 9.75. The van der Waals surface area contributed by atoms with Crippen LogP contribution in [0.4, 0.5) is 0 Å². The lowest BCUT2D eigenvalue weighted by Crippen LogP contribution is -2.49. The Kier molecular flexibility index (Phi) is 7.09. The number of rotatable bonds is 4. The van der Waals surface area contributed by atoms with Crippen LogP contribution in [-0.2, 0) is 0 Å². The normalized spacial score (nSPS) is 19.8. The predicted octanol–water partition coefficient (Wildman–Crippen LogP) is 2.26. The van der Waals surface area contributed by atoms with Gasteiger partial charge in [-0.1, -0.05) is 37.0 Å². The number of hydrogen-bond donors (Lipinski definition) is 1. The summed E-state index contributed by atoms with van der Waals surface area (Å²) in [5, 5.41) is 9.71. The van der Waals surface area contributed by atoms with Crippen LogP contribution in [0.3, 0.4) is 0 Å². The van der Waals surface area contributed by atoms with Crippen molar-refractivity contribution in [3.05, 3.63) is 59.3 Å². The number of amides is 1. The molecule has 0 spiro atoms. The summed E-state index contributed by atoms with van der Waals surface area (Å²) in [5.74, 6) is 6.38. The fraction of sp³-hybridized carbons (Fsp3) is 0.417. The number of benzene rings is 1. The predicted molar refractivity (Wildman–Crippen MR) is 116 cm³/mol. The van der Waals surface area contributed by atoms with Crippen LogP contribution in [0.25, 0.3) is 0 Å². The number of hydrogen-bond acceptors (Lipinski definition) is 5. The standard InChI is InChI=1S/C24H29N3O3/c1-17-14-27(18(2)16-28)24(29)21-12-20(11-10-19-8-6-5-7-9-19)13-25-23(21)30-22(17)15-26(3)4/h5-9,12-13,17-18,22,28H,14-16H2,1-4H3/t17-,18+,22-/m0/s1. The number of aromatic nitrogens is 1. The number of carbonyl (C=O) groups excluding carboxylic acids is 1. The Morgan fingerprint density at radius 2 is 1.97 bits per heavy atom. The molecule has 1 aliphatic rings. The van der Waals surface area contributed by atoms with Gasteiger partial charge in [-0.15, -0.1) is 0 Å². The molecule has 0 aliphatic carbocycles. The molecule has 1 amide bonds. The van der Waals surface area contributed by atoms with Crippen molar-refractivity contribution in [2.24, 2.45) is 5.92 Å². The number of ether oxygens (including phenoxy) is 1. The molecule has 3 atom stereocenters. The molecule has 30 heavy (non-hydrogen) atoms. The molecule has 3 rings (SSSR count). The molecule has 2 aromatic rings. The first-order chi connectivity index (χ1) is 14.4. The van der Waals surface area contributed by atoms with E-state index in [0.717, 1.165) is 5.56 Å². The second-order valence-corrected chi connectivity index (χ2v) is 8.08. The van der Waals surface area contributed by atoms with Crippen LogP contribution in [0, 0.1) is 17.8 Å². The SMILES string of the molecule is C[C@H](CO)N1C[C@H](C)[C@H](CN(C)C)Oc2ncc(C#Cc3ccccc3)cc2C1=O. The average Bonchev–Trinajstić information content (AvgIpc) is 2.74. The van der Waals surface area contributed by atoms with Gasteiger partial charge in [-0.2, -0.15) is 0 Å². The summed E-state index contributed by atoms with van der Waals surface area (Å²) in [6.07, 6.45) is 1.51. The van der Waals surface area contributed by atoms with E-state index in [4.69, 9.17) is 4.74 Å². The molecular formula is C24H29N3O3. The number of likely N-dealkylation sites (N-methyl/N-ethyl adjacent to an activating group) is 1. The van der Waals surface area contributed by atoms with Crippen molar-refractivity contribution in [2.45, 2.75) is 26.0 Å². The lowest BCUT2D eigenvalue weighted by molar-refractivity contribution is 0.0348. The highest BCUT2D eigenvalue weighted by Gasteiger charge is 2.33. The van der Waals surface area contributed by atoms with Gasteiger partial charge >= 0.3 is 0 Å². The Bertz CT molecular complexity index is 934. The van der Waals surface area contributed by atoms with Gasteiger partial charge in [0.05, 0.1) is 12.6 Å². The fourth-order valence-electron chi connectivity index (χ4n) is 3.41. The molecule has 1 N–H and O–H groups in total. The average molecular weight is 408 g/mol. The quantitative estimate of drug-likeness (QED) is 0.788. The van der Waals surface area contributed by atoms with Crippen LogP contribution in [-0.4, -0.2) is 71.7 Å². The van der Waals surface area contributed by atoms with E-state index in [1.54, 1.807) is 17.2 Å². The van der Waals surface area contributed by atoms with Crippen molar-refractivity contribution in [1.82, 2.24) is 14.8 Å². The van der Waals surface area contributed by atoms with Crippen molar-refractivity contribution < 1.29 is 14.6 Å². The van der Waals surface area contributed by atoms with Crippen LogP contribution in [0.5, 0.6) is 5.88 Å². The van der Waals surface area contributed by atoms with E-state index >= 15 is 0 Å². The summed E-state index contributed by atoms with van der Waals surface area (Å²) in [5.41, 5.74) is 1.91.